The maximum atomic E-state index is 4.57. The first-order chi connectivity index (χ1) is 8.24. The summed E-state index contributed by atoms with van der Waals surface area (Å²) in [7, 11) is 1.98. The maximum Gasteiger partial charge on any atom is 0.108 e. The Morgan fingerprint density at radius 3 is 3.06 bits per heavy atom. The Kier molecular flexibility index (Phi) is 3.06. The molecule has 1 aliphatic rings. The van der Waals surface area contributed by atoms with E-state index in [0.717, 1.165) is 22.8 Å². The minimum absolute atomic E-state index is 0.731. The monoisotopic (exact) mass is 311 g/mol. The molecule has 3 rings (SSSR count). The van der Waals surface area contributed by atoms with Gasteiger partial charge in [0.15, 0.2) is 0 Å². The topological polar surface area (TPSA) is 29.9 Å². The van der Waals surface area contributed by atoms with Crippen LogP contribution in [0.5, 0.6) is 0 Å². The van der Waals surface area contributed by atoms with Crippen LogP contribution in [0.2, 0.25) is 0 Å². The predicted octanol–water partition coefficient (Wildman–Crippen LogP) is 3.16. The van der Waals surface area contributed by atoms with Gasteiger partial charge in [0.2, 0.25) is 0 Å². The van der Waals surface area contributed by atoms with E-state index >= 15 is 0 Å². The van der Waals surface area contributed by atoms with Gasteiger partial charge >= 0.3 is 0 Å². The molecule has 2 aromatic heterocycles. The quantitative estimate of drug-likeness (QED) is 0.940. The summed E-state index contributed by atoms with van der Waals surface area (Å²) >= 11 is 5.31. The fraction of sp³-hybridized carbons (Fsp3) is 0.417. The van der Waals surface area contributed by atoms with Crippen molar-refractivity contribution in [2.45, 2.75) is 25.4 Å². The molecular weight excluding hydrogens is 298 g/mol. The summed E-state index contributed by atoms with van der Waals surface area (Å²) in [6, 6.07) is 2.81. The summed E-state index contributed by atoms with van der Waals surface area (Å²) in [5.74, 6) is 0. The molecule has 0 unspecified atom stereocenters. The van der Waals surface area contributed by atoms with Crippen molar-refractivity contribution in [3.05, 3.63) is 27.7 Å². The van der Waals surface area contributed by atoms with Gasteiger partial charge in [0, 0.05) is 35.9 Å². The van der Waals surface area contributed by atoms with Gasteiger partial charge in [-0.05, 0) is 40.2 Å². The summed E-state index contributed by atoms with van der Waals surface area (Å²) in [5.41, 5.74) is 2.38. The lowest BCUT2D eigenvalue weighted by Crippen LogP contribution is -2.15. The van der Waals surface area contributed by atoms with E-state index in [0.29, 0.717) is 0 Å². The molecule has 0 aromatic carbocycles. The predicted molar refractivity (Wildman–Crippen MR) is 74.1 cm³/mol. The molecule has 1 fully saturated rings. The molecule has 1 N–H and O–H groups in total. The molecule has 0 bridgehead atoms. The van der Waals surface area contributed by atoms with Crippen LogP contribution in [0.3, 0.4) is 0 Å². The summed E-state index contributed by atoms with van der Waals surface area (Å²) in [6.45, 7) is 0.915. The second-order valence-electron chi connectivity index (χ2n) is 4.43. The Balaban J connectivity index is 1.89. The lowest BCUT2D eigenvalue weighted by Gasteiger charge is -2.02. The van der Waals surface area contributed by atoms with Crippen LogP contribution in [-0.4, -0.2) is 15.8 Å². The van der Waals surface area contributed by atoms with Crippen LogP contribution in [0.4, 0.5) is 0 Å². The van der Waals surface area contributed by atoms with Gasteiger partial charge < -0.3 is 5.32 Å². The van der Waals surface area contributed by atoms with Crippen LogP contribution >= 0.6 is 27.3 Å². The molecule has 2 aromatic rings. The molecule has 0 atom stereocenters. The number of nitrogens with zero attached hydrogens (tertiary/aromatic N) is 2. The van der Waals surface area contributed by atoms with E-state index in [4.69, 9.17) is 0 Å². The maximum absolute atomic E-state index is 4.57. The van der Waals surface area contributed by atoms with E-state index in [1.807, 2.05) is 11.7 Å². The molecule has 1 saturated carbocycles. The second kappa shape index (κ2) is 4.55. The first-order valence-corrected chi connectivity index (χ1v) is 7.40. The Hall–Kier alpha value is -0.650. The smallest absolute Gasteiger partial charge is 0.108 e. The van der Waals surface area contributed by atoms with E-state index in [9.17, 15) is 0 Å². The normalized spacial score (nSPS) is 15.4. The van der Waals surface area contributed by atoms with E-state index in [1.54, 1.807) is 11.3 Å². The van der Waals surface area contributed by atoms with Gasteiger partial charge in [0.25, 0.3) is 0 Å². The number of halogens is 1. The van der Waals surface area contributed by atoms with Crippen molar-refractivity contribution in [2.75, 3.05) is 0 Å². The van der Waals surface area contributed by atoms with Gasteiger partial charge in [-0.1, -0.05) is 0 Å². The van der Waals surface area contributed by atoms with Gasteiger partial charge in [-0.3, -0.25) is 4.68 Å². The lowest BCUT2D eigenvalue weighted by molar-refractivity contribution is 0.687. The number of aromatic nitrogens is 2. The third-order valence-electron chi connectivity index (χ3n) is 2.90. The highest BCUT2D eigenvalue weighted by atomic mass is 79.9. The van der Waals surface area contributed by atoms with Crippen molar-refractivity contribution >= 4 is 27.3 Å². The SMILES string of the molecule is Cn1cc(CNC2CC2)c(-c2sccc2Br)n1. The van der Waals surface area contributed by atoms with Gasteiger partial charge in [-0.15, -0.1) is 11.3 Å². The van der Waals surface area contributed by atoms with Crippen molar-refractivity contribution in [3.8, 4) is 10.6 Å². The molecule has 0 aliphatic heterocycles. The number of nitrogens with one attached hydrogen (secondary N) is 1. The third kappa shape index (κ3) is 2.46. The molecule has 5 heteroatoms. The minimum atomic E-state index is 0.731. The van der Waals surface area contributed by atoms with Crippen LogP contribution in [0.25, 0.3) is 10.6 Å². The number of hydrogen-bond acceptors (Lipinski definition) is 3. The van der Waals surface area contributed by atoms with Crippen LogP contribution in [0.15, 0.2) is 22.1 Å². The molecule has 90 valence electrons. The average Bonchev–Trinajstić information content (AvgIpc) is 2.93. The number of thiophene rings is 1. The Morgan fingerprint density at radius 2 is 2.41 bits per heavy atom. The van der Waals surface area contributed by atoms with E-state index < -0.39 is 0 Å². The van der Waals surface area contributed by atoms with Crippen molar-refractivity contribution in [3.63, 3.8) is 0 Å². The molecule has 3 nitrogen and oxygen atoms in total. The van der Waals surface area contributed by atoms with Crippen LogP contribution < -0.4 is 5.32 Å². The van der Waals surface area contributed by atoms with E-state index in [2.05, 4.69) is 44.0 Å². The summed E-state index contributed by atoms with van der Waals surface area (Å²) in [5, 5.41) is 10.2. The third-order valence-corrected chi connectivity index (χ3v) is 4.74. The fourth-order valence-electron chi connectivity index (χ4n) is 1.86. The summed E-state index contributed by atoms with van der Waals surface area (Å²) in [6.07, 6.45) is 4.74. The van der Waals surface area contributed by atoms with Crippen molar-refractivity contribution in [1.29, 1.82) is 0 Å². The lowest BCUT2D eigenvalue weighted by atomic mass is 10.2. The molecule has 17 heavy (non-hydrogen) atoms. The molecule has 1 aliphatic carbocycles. The Bertz CT molecular complexity index is 528. The molecule has 0 spiro atoms. The first-order valence-electron chi connectivity index (χ1n) is 5.73. The zero-order valence-electron chi connectivity index (χ0n) is 9.61. The highest BCUT2D eigenvalue weighted by Crippen LogP contribution is 2.34. The van der Waals surface area contributed by atoms with Gasteiger partial charge in [0.1, 0.15) is 5.69 Å². The number of aryl methyl sites for hydroxylation is 1. The highest BCUT2D eigenvalue weighted by molar-refractivity contribution is 9.10. The van der Waals surface area contributed by atoms with Crippen LogP contribution in [0, 0.1) is 0 Å². The number of rotatable bonds is 4. The zero-order chi connectivity index (χ0) is 11.8. The van der Waals surface area contributed by atoms with Crippen molar-refractivity contribution in [2.24, 2.45) is 7.05 Å². The highest BCUT2D eigenvalue weighted by Gasteiger charge is 2.22. The summed E-state index contributed by atoms with van der Waals surface area (Å²) in [4.78, 5) is 1.22. The van der Waals surface area contributed by atoms with Crippen LogP contribution in [-0.2, 0) is 13.6 Å². The molecule has 0 radical (unpaired) electrons. The van der Waals surface area contributed by atoms with Crippen molar-refractivity contribution < 1.29 is 0 Å². The second-order valence-corrected chi connectivity index (χ2v) is 6.20. The Labute approximate surface area is 113 Å². The standard InChI is InChI=1S/C12H14BrN3S/c1-16-7-8(6-14-9-2-3-9)11(15-16)12-10(13)4-5-17-12/h4-5,7,9,14H,2-3,6H2,1H3. The molecule has 2 heterocycles. The summed E-state index contributed by atoms with van der Waals surface area (Å²) < 4.78 is 3.03. The number of hydrogen-bond donors (Lipinski definition) is 1. The van der Waals surface area contributed by atoms with Gasteiger partial charge in [-0.25, -0.2) is 0 Å². The van der Waals surface area contributed by atoms with Crippen LogP contribution in [0.1, 0.15) is 18.4 Å². The minimum Gasteiger partial charge on any atom is -0.310 e. The van der Waals surface area contributed by atoms with E-state index in [-0.39, 0.29) is 0 Å². The Morgan fingerprint density at radius 1 is 1.59 bits per heavy atom. The largest absolute Gasteiger partial charge is 0.310 e. The van der Waals surface area contributed by atoms with Gasteiger partial charge in [0.05, 0.1) is 4.88 Å². The average molecular weight is 312 g/mol. The first kappa shape index (κ1) is 11.4. The molecule has 0 amide bonds. The van der Waals surface area contributed by atoms with E-state index in [1.165, 1.54) is 23.3 Å². The fourth-order valence-corrected chi connectivity index (χ4v) is 3.44. The molecule has 0 saturated heterocycles. The van der Waals surface area contributed by atoms with Gasteiger partial charge in [-0.2, -0.15) is 5.10 Å². The zero-order valence-corrected chi connectivity index (χ0v) is 12.0. The van der Waals surface area contributed by atoms with Crippen molar-refractivity contribution in [1.82, 2.24) is 15.1 Å². The molecular formula is C12H14BrN3S.